The van der Waals surface area contributed by atoms with Crippen LogP contribution in [-0.2, 0) is 12.8 Å². The SMILES string of the molecule is c1cc(-c2nc3c(c(N4CCC[C@@H](c5ncc[nH]5)C4)n2)CCC3)ccn1. The van der Waals surface area contributed by atoms with Gasteiger partial charge in [-0.2, -0.15) is 0 Å². The highest BCUT2D eigenvalue weighted by atomic mass is 15.2. The first-order valence-electron chi connectivity index (χ1n) is 9.43. The molecule has 0 bridgehead atoms. The van der Waals surface area contributed by atoms with E-state index in [0.29, 0.717) is 5.92 Å². The van der Waals surface area contributed by atoms with Crippen molar-refractivity contribution in [3.05, 3.63) is 54.0 Å². The van der Waals surface area contributed by atoms with Crippen molar-refractivity contribution in [2.75, 3.05) is 18.0 Å². The first-order chi connectivity index (χ1) is 12.9. The molecule has 4 heterocycles. The Hall–Kier alpha value is -2.76. The van der Waals surface area contributed by atoms with Crippen LogP contribution in [0.1, 0.15) is 42.3 Å². The zero-order valence-electron chi connectivity index (χ0n) is 14.7. The van der Waals surface area contributed by atoms with E-state index in [1.807, 2.05) is 24.5 Å². The van der Waals surface area contributed by atoms with Gasteiger partial charge in [0, 0.05) is 60.6 Å². The zero-order chi connectivity index (χ0) is 17.3. The zero-order valence-corrected chi connectivity index (χ0v) is 14.7. The van der Waals surface area contributed by atoms with Gasteiger partial charge < -0.3 is 9.88 Å². The average molecular weight is 346 g/mol. The third-order valence-electron chi connectivity index (χ3n) is 5.48. The molecule has 1 aliphatic carbocycles. The molecule has 3 aromatic rings. The Kier molecular flexibility index (Phi) is 3.88. The number of imidazole rings is 1. The minimum atomic E-state index is 0.440. The summed E-state index contributed by atoms with van der Waals surface area (Å²) < 4.78 is 0. The standard InChI is InChI=1S/C20H22N6/c1-4-16-17(5-1)24-19(14-6-8-21-9-7-14)25-20(16)26-12-2-3-15(13-26)18-22-10-11-23-18/h6-11,15H,1-5,12-13H2,(H,22,23)/t15-/m1/s1. The Labute approximate surface area is 152 Å². The van der Waals surface area contributed by atoms with E-state index in [1.165, 1.54) is 24.1 Å². The number of anilines is 1. The van der Waals surface area contributed by atoms with Crippen LogP contribution in [0.15, 0.2) is 36.9 Å². The number of nitrogens with one attached hydrogen (secondary N) is 1. The van der Waals surface area contributed by atoms with Crippen LogP contribution in [-0.4, -0.2) is 38.0 Å². The first kappa shape index (κ1) is 15.5. The highest BCUT2D eigenvalue weighted by Crippen LogP contribution is 2.34. The maximum Gasteiger partial charge on any atom is 0.161 e. The predicted molar refractivity (Wildman–Crippen MR) is 100 cm³/mol. The molecule has 2 aliphatic rings. The van der Waals surface area contributed by atoms with Gasteiger partial charge >= 0.3 is 0 Å². The second kappa shape index (κ2) is 6.52. The Morgan fingerprint density at radius 3 is 2.81 bits per heavy atom. The average Bonchev–Trinajstić information content (AvgIpc) is 3.40. The second-order valence-corrected chi connectivity index (χ2v) is 7.15. The molecule has 5 rings (SSSR count). The monoisotopic (exact) mass is 346 g/mol. The highest BCUT2D eigenvalue weighted by Gasteiger charge is 2.28. The number of aromatic nitrogens is 5. The topological polar surface area (TPSA) is 70.6 Å². The lowest BCUT2D eigenvalue weighted by Gasteiger charge is -2.34. The maximum atomic E-state index is 5.01. The van der Waals surface area contributed by atoms with Gasteiger partial charge in [0.05, 0.1) is 0 Å². The Morgan fingerprint density at radius 2 is 1.96 bits per heavy atom. The number of nitrogens with zero attached hydrogens (tertiary/aromatic N) is 5. The van der Waals surface area contributed by atoms with Crippen molar-refractivity contribution in [1.82, 2.24) is 24.9 Å². The van der Waals surface area contributed by atoms with Crippen molar-refractivity contribution in [1.29, 1.82) is 0 Å². The molecule has 26 heavy (non-hydrogen) atoms. The molecular weight excluding hydrogens is 324 g/mol. The van der Waals surface area contributed by atoms with Crippen molar-refractivity contribution in [3.8, 4) is 11.4 Å². The van der Waals surface area contributed by atoms with Crippen LogP contribution in [0.3, 0.4) is 0 Å². The molecule has 0 amide bonds. The minimum Gasteiger partial charge on any atom is -0.356 e. The highest BCUT2D eigenvalue weighted by molar-refractivity contribution is 5.61. The van der Waals surface area contributed by atoms with Gasteiger partial charge in [-0.05, 0) is 44.2 Å². The summed E-state index contributed by atoms with van der Waals surface area (Å²) in [6.07, 6.45) is 13.0. The number of fused-ring (bicyclic) bond motifs is 1. The second-order valence-electron chi connectivity index (χ2n) is 7.15. The summed E-state index contributed by atoms with van der Waals surface area (Å²) in [4.78, 5) is 24.2. The fraction of sp³-hybridized carbons (Fsp3) is 0.400. The van der Waals surface area contributed by atoms with Gasteiger partial charge in [0.15, 0.2) is 5.82 Å². The number of hydrogen-bond donors (Lipinski definition) is 1. The molecular formula is C20H22N6. The van der Waals surface area contributed by atoms with E-state index in [1.54, 1.807) is 12.4 Å². The lowest BCUT2D eigenvalue weighted by atomic mass is 9.97. The van der Waals surface area contributed by atoms with Gasteiger partial charge in [0.25, 0.3) is 0 Å². The molecule has 0 saturated carbocycles. The summed E-state index contributed by atoms with van der Waals surface area (Å²) >= 11 is 0. The summed E-state index contributed by atoms with van der Waals surface area (Å²) in [6.45, 7) is 2.02. The van der Waals surface area contributed by atoms with E-state index in [9.17, 15) is 0 Å². The number of H-pyrrole nitrogens is 1. The Bertz CT molecular complexity index is 890. The molecule has 1 aliphatic heterocycles. The molecule has 0 unspecified atom stereocenters. The third kappa shape index (κ3) is 2.75. The van der Waals surface area contributed by atoms with Crippen molar-refractivity contribution < 1.29 is 0 Å². The summed E-state index contributed by atoms with van der Waals surface area (Å²) in [5, 5.41) is 0. The fourth-order valence-electron chi connectivity index (χ4n) is 4.20. The predicted octanol–water partition coefficient (Wildman–Crippen LogP) is 3.13. The van der Waals surface area contributed by atoms with E-state index in [2.05, 4.69) is 19.9 Å². The number of pyridine rings is 1. The van der Waals surface area contributed by atoms with Crippen LogP contribution >= 0.6 is 0 Å². The molecule has 1 fully saturated rings. The van der Waals surface area contributed by atoms with Crippen molar-refractivity contribution in [2.45, 2.75) is 38.0 Å². The van der Waals surface area contributed by atoms with Gasteiger partial charge in [0.1, 0.15) is 11.6 Å². The van der Waals surface area contributed by atoms with E-state index in [4.69, 9.17) is 9.97 Å². The molecule has 0 aromatic carbocycles. The smallest absolute Gasteiger partial charge is 0.161 e. The van der Waals surface area contributed by atoms with E-state index >= 15 is 0 Å². The number of rotatable bonds is 3. The number of piperidine rings is 1. The summed E-state index contributed by atoms with van der Waals surface area (Å²) in [5.74, 6) is 3.49. The van der Waals surface area contributed by atoms with E-state index in [0.717, 1.165) is 55.4 Å². The molecule has 1 atom stereocenters. The molecule has 1 saturated heterocycles. The summed E-state index contributed by atoms with van der Waals surface area (Å²) in [7, 11) is 0. The van der Waals surface area contributed by atoms with Gasteiger partial charge in [-0.3, -0.25) is 4.98 Å². The number of aromatic amines is 1. The van der Waals surface area contributed by atoms with Crippen LogP contribution in [0.2, 0.25) is 0 Å². The molecule has 3 aromatic heterocycles. The van der Waals surface area contributed by atoms with Gasteiger partial charge in [-0.1, -0.05) is 0 Å². The Morgan fingerprint density at radius 1 is 1.04 bits per heavy atom. The molecule has 0 radical (unpaired) electrons. The quantitative estimate of drug-likeness (QED) is 0.789. The van der Waals surface area contributed by atoms with Gasteiger partial charge in [-0.15, -0.1) is 0 Å². The lowest BCUT2D eigenvalue weighted by molar-refractivity contribution is 0.490. The van der Waals surface area contributed by atoms with Crippen molar-refractivity contribution in [2.24, 2.45) is 0 Å². The largest absolute Gasteiger partial charge is 0.356 e. The number of hydrogen-bond acceptors (Lipinski definition) is 5. The van der Waals surface area contributed by atoms with E-state index < -0.39 is 0 Å². The van der Waals surface area contributed by atoms with Gasteiger partial charge in [-0.25, -0.2) is 15.0 Å². The molecule has 6 nitrogen and oxygen atoms in total. The minimum absolute atomic E-state index is 0.440. The van der Waals surface area contributed by atoms with Crippen molar-refractivity contribution >= 4 is 5.82 Å². The third-order valence-corrected chi connectivity index (χ3v) is 5.48. The van der Waals surface area contributed by atoms with E-state index in [-0.39, 0.29) is 0 Å². The molecule has 132 valence electrons. The molecule has 1 N–H and O–H groups in total. The first-order valence-corrected chi connectivity index (χ1v) is 9.43. The van der Waals surface area contributed by atoms with Crippen molar-refractivity contribution in [3.63, 3.8) is 0 Å². The normalized spacial score (nSPS) is 19.5. The molecule has 0 spiro atoms. The number of aryl methyl sites for hydroxylation is 1. The van der Waals surface area contributed by atoms with Crippen LogP contribution in [0.25, 0.3) is 11.4 Å². The van der Waals surface area contributed by atoms with Gasteiger partial charge in [0.2, 0.25) is 0 Å². The summed E-state index contributed by atoms with van der Waals surface area (Å²) in [6, 6.07) is 3.98. The summed E-state index contributed by atoms with van der Waals surface area (Å²) in [5.41, 5.74) is 3.61. The maximum absolute atomic E-state index is 5.01. The van der Waals surface area contributed by atoms with Crippen LogP contribution in [0, 0.1) is 0 Å². The fourth-order valence-corrected chi connectivity index (χ4v) is 4.20. The van der Waals surface area contributed by atoms with Crippen LogP contribution in [0.4, 0.5) is 5.82 Å². The van der Waals surface area contributed by atoms with Crippen LogP contribution in [0.5, 0.6) is 0 Å². The van der Waals surface area contributed by atoms with Crippen LogP contribution < -0.4 is 4.90 Å². The lowest BCUT2D eigenvalue weighted by Crippen LogP contribution is -2.36. The molecule has 6 heteroatoms. The Balaban J connectivity index is 1.52.